The maximum Gasteiger partial charge on any atom is 0.339 e. The number of hydrogen-bond donors (Lipinski definition) is 1. The number of nitrogens with zero attached hydrogens (tertiary/aromatic N) is 3. The number of hydrogen-bond acceptors (Lipinski definition) is 4. The Morgan fingerprint density at radius 2 is 2.21 bits per heavy atom. The van der Waals surface area contributed by atoms with Crippen molar-refractivity contribution in [2.24, 2.45) is 0 Å². The van der Waals surface area contributed by atoms with E-state index in [-0.39, 0.29) is 5.56 Å². The van der Waals surface area contributed by atoms with E-state index in [4.69, 9.17) is 11.6 Å². The van der Waals surface area contributed by atoms with E-state index in [9.17, 15) is 9.90 Å². The van der Waals surface area contributed by atoms with Gasteiger partial charge in [-0.25, -0.2) is 9.78 Å². The Balaban J connectivity index is 1.89. The molecule has 5 nitrogen and oxygen atoms in total. The number of piperazine rings is 1. The van der Waals surface area contributed by atoms with Crippen molar-refractivity contribution >= 4 is 23.4 Å². The average molecular weight is 282 g/mol. The van der Waals surface area contributed by atoms with Gasteiger partial charge in [-0.3, -0.25) is 4.90 Å². The van der Waals surface area contributed by atoms with Crippen molar-refractivity contribution in [3.05, 3.63) is 22.8 Å². The van der Waals surface area contributed by atoms with Crippen LogP contribution in [0, 0.1) is 0 Å². The Morgan fingerprint density at radius 3 is 3.00 bits per heavy atom. The molecule has 0 radical (unpaired) electrons. The van der Waals surface area contributed by atoms with Gasteiger partial charge in [-0.1, -0.05) is 11.6 Å². The van der Waals surface area contributed by atoms with Gasteiger partial charge in [0.1, 0.15) is 16.5 Å². The minimum Gasteiger partial charge on any atom is -0.478 e. The first kappa shape index (κ1) is 12.7. The van der Waals surface area contributed by atoms with Crippen molar-refractivity contribution in [3.8, 4) is 0 Å². The molecule has 0 aliphatic carbocycles. The highest BCUT2D eigenvalue weighted by Crippen LogP contribution is 2.27. The minimum atomic E-state index is -0.951. The van der Waals surface area contributed by atoms with Gasteiger partial charge in [-0.05, 0) is 31.5 Å². The van der Waals surface area contributed by atoms with E-state index in [0.29, 0.717) is 17.0 Å². The van der Waals surface area contributed by atoms with E-state index < -0.39 is 5.97 Å². The molecule has 0 saturated carbocycles. The number of carboxylic acid groups (broad SMARTS) is 1. The fourth-order valence-electron chi connectivity index (χ4n) is 3.02. The number of aromatic nitrogens is 1. The fourth-order valence-corrected chi connectivity index (χ4v) is 3.16. The smallest absolute Gasteiger partial charge is 0.339 e. The van der Waals surface area contributed by atoms with Crippen LogP contribution in [0.25, 0.3) is 0 Å². The summed E-state index contributed by atoms with van der Waals surface area (Å²) in [4.78, 5) is 20.0. The van der Waals surface area contributed by atoms with Crippen LogP contribution in [-0.2, 0) is 0 Å². The number of halogens is 1. The molecule has 2 aliphatic heterocycles. The molecule has 1 aromatic heterocycles. The predicted molar refractivity (Wildman–Crippen MR) is 73.0 cm³/mol. The molecule has 1 unspecified atom stereocenters. The lowest BCUT2D eigenvalue weighted by molar-refractivity contribution is 0.0697. The number of aromatic carboxylic acids is 1. The largest absolute Gasteiger partial charge is 0.478 e. The highest BCUT2D eigenvalue weighted by atomic mass is 35.5. The summed E-state index contributed by atoms with van der Waals surface area (Å²) in [7, 11) is 0. The molecule has 0 amide bonds. The van der Waals surface area contributed by atoms with Gasteiger partial charge in [0, 0.05) is 25.7 Å². The Hall–Kier alpha value is -1.33. The third-order valence-corrected chi connectivity index (χ3v) is 4.17. The van der Waals surface area contributed by atoms with Crippen molar-refractivity contribution in [2.45, 2.75) is 18.9 Å². The molecule has 3 rings (SSSR count). The van der Waals surface area contributed by atoms with Crippen LogP contribution in [-0.4, -0.2) is 53.2 Å². The first-order valence-corrected chi connectivity index (χ1v) is 6.92. The Kier molecular flexibility index (Phi) is 3.33. The van der Waals surface area contributed by atoms with Crippen LogP contribution in [0.15, 0.2) is 12.1 Å². The third kappa shape index (κ3) is 2.40. The molecular formula is C13H16ClN3O2. The third-order valence-electron chi connectivity index (χ3n) is 3.96. The molecule has 2 saturated heterocycles. The summed E-state index contributed by atoms with van der Waals surface area (Å²) in [6.45, 7) is 3.78. The van der Waals surface area contributed by atoms with Gasteiger partial charge in [0.05, 0.1) is 0 Å². The van der Waals surface area contributed by atoms with Crippen LogP contribution < -0.4 is 4.90 Å². The highest BCUT2D eigenvalue weighted by Gasteiger charge is 2.32. The molecule has 6 heteroatoms. The molecule has 2 fully saturated rings. The Labute approximate surface area is 116 Å². The number of carboxylic acids is 1. The number of fused-ring (bicyclic) bond motifs is 1. The van der Waals surface area contributed by atoms with Gasteiger partial charge in [0.15, 0.2) is 0 Å². The molecular weight excluding hydrogens is 266 g/mol. The van der Waals surface area contributed by atoms with Gasteiger partial charge >= 0.3 is 5.97 Å². The zero-order chi connectivity index (χ0) is 13.4. The van der Waals surface area contributed by atoms with Crippen LogP contribution in [0.2, 0.25) is 5.15 Å². The molecule has 19 heavy (non-hydrogen) atoms. The van der Waals surface area contributed by atoms with Gasteiger partial charge in [0.2, 0.25) is 0 Å². The average Bonchev–Trinajstić information content (AvgIpc) is 2.85. The van der Waals surface area contributed by atoms with Crippen molar-refractivity contribution in [2.75, 3.05) is 31.1 Å². The van der Waals surface area contributed by atoms with Crippen molar-refractivity contribution < 1.29 is 9.90 Å². The summed E-state index contributed by atoms with van der Waals surface area (Å²) >= 11 is 5.91. The van der Waals surface area contributed by atoms with Crippen LogP contribution in [0.4, 0.5) is 5.82 Å². The Morgan fingerprint density at radius 1 is 1.37 bits per heavy atom. The molecule has 1 aromatic rings. The van der Waals surface area contributed by atoms with Crippen LogP contribution in [0.3, 0.4) is 0 Å². The van der Waals surface area contributed by atoms with E-state index >= 15 is 0 Å². The SMILES string of the molecule is O=C(O)c1ccc(Cl)nc1N1CCN2CCCC2C1. The molecule has 0 aromatic carbocycles. The summed E-state index contributed by atoms with van der Waals surface area (Å²) < 4.78 is 0. The maximum atomic E-state index is 11.3. The highest BCUT2D eigenvalue weighted by molar-refractivity contribution is 6.29. The zero-order valence-corrected chi connectivity index (χ0v) is 11.3. The van der Waals surface area contributed by atoms with E-state index in [0.717, 1.165) is 26.2 Å². The second kappa shape index (κ2) is 4.98. The predicted octanol–water partition coefficient (Wildman–Crippen LogP) is 1.72. The molecule has 102 valence electrons. The molecule has 3 heterocycles. The summed E-state index contributed by atoms with van der Waals surface area (Å²) in [5.74, 6) is -0.445. The van der Waals surface area contributed by atoms with Crippen LogP contribution >= 0.6 is 11.6 Å². The molecule has 0 spiro atoms. The monoisotopic (exact) mass is 281 g/mol. The molecule has 2 aliphatic rings. The molecule has 0 bridgehead atoms. The summed E-state index contributed by atoms with van der Waals surface area (Å²) in [5, 5.41) is 9.60. The van der Waals surface area contributed by atoms with Crippen molar-refractivity contribution in [1.29, 1.82) is 0 Å². The van der Waals surface area contributed by atoms with Gasteiger partial charge < -0.3 is 10.0 Å². The number of pyridine rings is 1. The summed E-state index contributed by atoms with van der Waals surface area (Å²) in [6, 6.07) is 3.59. The maximum absolute atomic E-state index is 11.3. The lowest BCUT2D eigenvalue weighted by Gasteiger charge is -2.38. The Bertz CT molecular complexity index is 509. The molecule has 1 N–H and O–H groups in total. The van der Waals surface area contributed by atoms with Gasteiger partial charge in [0.25, 0.3) is 0 Å². The van der Waals surface area contributed by atoms with Gasteiger partial charge in [-0.2, -0.15) is 0 Å². The molecule has 1 atom stereocenters. The lowest BCUT2D eigenvalue weighted by Crippen LogP contribution is -2.50. The minimum absolute atomic E-state index is 0.232. The van der Waals surface area contributed by atoms with Crippen molar-refractivity contribution in [3.63, 3.8) is 0 Å². The fraction of sp³-hybridized carbons (Fsp3) is 0.538. The quantitative estimate of drug-likeness (QED) is 0.837. The van der Waals surface area contributed by atoms with Crippen LogP contribution in [0.5, 0.6) is 0 Å². The standard InChI is InChI=1S/C13H16ClN3O2/c14-11-4-3-10(13(18)19)12(15-11)17-7-6-16-5-1-2-9(16)8-17/h3-4,9H,1-2,5-8H2,(H,18,19). The summed E-state index contributed by atoms with van der Waals surface area (Å²) in [6.07, 6.45) is 2.41. The number of anilines is 1. The summed E-state index contributed by atoms with van der Waals surface area (Å²) in [5.41, 5.74) is 0.232. The zero-order valence-electron chi connectivity index (χ0n) is 10.5. The second-order valence-corrected chi connectivity index (χ2v) is 5.48. The van der Waals surface area contributed by atoms with Gasteiger partial charge in [-0.15, -0.1) is 0 Å². The normalized spacial score (nSPS) is 23.4. The first-order chi connectivity index (χ1) is 9.15. The van der Waals surface area contributed by atoms with E-state index in [1.807, 2.05) is 0 Å². The topological polar surface area (TPSA) is 56.7 Å². The van der Waals surface area contributed by atoms with Crippen molar-refractivity contribution in [1.82, 2.24) is 9.88 Å². The second-order valence-electron chi connectivity index (χ2n) is 5.09. The van der Waals surface area contributed by atoms with E-state index in [1.165, 1.54) is 25.0 Å². The van der Waals surface area contributed by atoms with E-state index in [2.05, 4.69) is 14.8 Å². The number of rotatable bonds is 2. The number of carbonyl (C=O) groups is 1. The van der Waals surface area contributed by atoms with E-state index in [1.54, 1.807) is 0 Å². The lowest BCUT2D eigenvalue weighted by atomic mass is 10.1. The first-order valence-electron chi connectivity index (χ1n) is 6.54. The van der Waals surface area contributed by atoms with Crippen LogP contribution in [0.1, 0.15) is 23.2 Å².